The lowest BCUT2D eigenvalue weighted by molar-refractivity contribution is 0.389. The summed E-state index contributed by atoms with van der Waals surface area (Å²) in [6, 6.07) is 3.86. The average Bonchev–Trinajstić information content (AvgIpc) is 2.95. The summed E-state index contributed by atoms with van der Waals surface area (Å²) in [7, 11) is 0. The van der Waals surface area contributed by atoms with E-state index in [0.717, 1.165) is 32.9 Å². The molecule has 3 rings (SSSR count). The molecule has 0 aliphatic rings. The van der Waals surface area contributed by atoms with Crippen LogP contribution in [0.2, 0.25) is 0 Å². The Hall–Kier alpha value is -1.40. The zero-order valence-corrected chi connectivity index (χ0v) is 13.1. The van der Waals surface area contributed by atoms with Gasteiger partial charge in [0.2, 0.25) is 0 Å². The lowest BCUT2D eigenvalue weighted by Gasteiger charge is -2.05. The first-order chi connectivity index (χ1) is 9.67. The predicted molar refractivity (Wildman–Crippen MR) is 80.0 cm³/mol. The van der Waals surface area contributed by atoms with Crippen LogP contribution in [0.1, 0.15) is 17.3 Å². The van der Waals surface area contributed by atoms with Gasteiger partial charge in [-0.25, -0.2) is 9.97 Å². The van der Waals surface area contributed by atoms with Gasteiger partial charge in [0, 0.05) is 29.0 Å². The van der Waals surface area contributed by atoms with E-state index in [1.54, 1.807) is 6.20 Å². The fraction of sp³-hybridized carbons (Fsp3) is 0.308. The van der Waals surface area contributed by atoms with Crippen molar-refractivity contribution in [3.63, 3.8) is 0 Å². The Balaban J connectivity index is 2.08. The van der Waals surface area contributed by atoms with Crippen LogP contribution in [-0.4, -0.2) is 25.6 Å². The molecule has 3 heterocycles. The van der Waals surface area contributed by atoms with E-state index < -0.39 is 0 Å². The topological polar surface area (TPSA) is 56.7 Å². The largest absolute Gasteiger partial charge is 0.361 e. The van der Waals surface area contributed by atoms with Crippen LogP contribution < -0.4 is 0 Å². The van der Waals surface area contributed by atoms with Crippen molar-refractivity contribution in [2.75, 3.05) is 5.88 Å². The number of aromatic nitrogens is 4. The quantitative estimate of drug-likeness (QED) is 0.674. The molecule has 5 nitrogen and oxygen atoms in total. The van der Waals surface area contributed by atoms with E-state index in [2.05, 4.69) is 31.1 Å². The van der Waals surface area contributed by atoms with Gasteiger partial charge in [0.15, 0.2) is 5.65 Å². The van der Waals surface area contributed by atoms with E-state index in [-0.39, 0.29) is 0 Å². The number of aryl methyl sites for hydroxylation is 2. The molecule has 20 heavy (non-hydrogen) atoms. The van der Waals surface area contributed by atoms with Gasteiger partial charge < -0.3 is 9.09 Å². The van der Waals surface area contributed by atoms with Crippen LogP contribution in [0.15, 0.2) is 27.3 Å². The molecule has 0 saturated heterocycles. The minimum atomic E-state index is 0.516. The van der Waals surface area contributed by atoms with Gasteiger partial charge in [-0.3, -0.25) is 0 Å². The van der Waals surface area contributed by atoms with Gasteiger partial charge in [-0.2, -0.15) is 0 Å². The van der Waals surface area contributed by atoms with Crippen molar-refractivity contribution in [2.45, 2.75) is 19.9 Å². The van der Waals surface area contributed by atoms with Crippen LogP contribution in [0.25, 0.3) is 11.2 Å². The second-order valence-corrected chi connectivity index (χ2v) is 5.77. The fourth-order valence-corrected chi connectivity index (χ4v) is 2.62. The van der Waals surface area contributed by atoms with Crippen molar-refractivity contribution >= 4 is 38.7 Å². The second kappa shape index (κ2) is 5.54. The first kappa shape index (κ1) is 13.6. The summed E-state index contributed by atoms with van der Waals surface area (Å²) in [4.78, 5) is 9.03. The summed E-state index contributed by atoms with van der Waals surface area (Å²) in [5.74, 6) is 2.21. The van der Waals surface area contributed by atoms with Crippen molar-refractivity contribution in [1.82, 2.24) is 19.7 Å². The van der Waals surface area contributed by atoms with Gasteiger partial charge in [-0.05, 0) is 28.9 Å². The Kier molecular flexibility index (Phi) is 3.76. The molecule has 0 fully saturated rings. The second-order valence-electron chi connectivity index (χ2n) is 4.48. The number of imidazole rings is 1. The molecular formula is C13H12BrClN4O. The van der Waals surface area contributed by atoms with Crippen molar-refractivity contribution in [3.05, 3.63) is 40.1 Å². The molecule has 3 aromatic rings. The standard InChI is InChI=1S/C13H12BrClN4O/c1-8-4-10(18-20-8)7-19-12(2-3-15)17-11-5-9(14)6-16-13(11)19/h4-6H,2-3,7H2,1H3. The minimum Gasteiger partial charge on any atom is -0.361 e. The number of nitrogens with zero attached hydrogens (tertiary/aromatic N) is 4. The molecule has 0 atom stereocenters. The third kappa shape index (κ3) is 2.58. The molecule has 7 heteroatoms. The van der Waals surface area contributed by atoms with Gasteiger partial charge in [0.05, 0.1) is 6.54 Å². The first-order valence-electron chi connectivity index (χ1n) is 6.16. The molecule has 0 saturated carbocycles. The maximum Gasteiger partial charge on any atom is 0.160 e. The summed E-state index contributed by atoms with van der Waals surface area (Å²) in [5.41, 5.74) is 2.52. The number of fused-ring (bicyclic) bond motifs is 1. The Labute approximate surface area is 129 Å². The predicted octanol–water partition coefficient (Wildman–Crippen LogP) is 3.32. The molecule has 3 aromatic heterocycles. The molecule has 0 bridgehead atoms. The SMILES string of the molecule is Cc1cc(Cn2c(CCCl)nc3cc(Br)cnc32)no1. The van der Waals surface area contributed by atoms with Crippen molar-refractivity contribution in [3.8, 4) is 0 Å². The smallest absolute Gasteiger partial charge is 0.160 e. The van der Waals surface area contributed by atoms with Crippen LogP contribution in [0.4, 0.5) is 0 Å². The van der Waals surface area contributed by atoms with Crippen LogP contribution in [-0.2, 0) is 13.0 Å². The molecule has 0 amide bonds. The molecule has 0 unspecified atom stereocenters. The number of hydrogen-bond acceptors (Lipinski definition) is 4. The monoisotopic (exact) mass is 354 g/mol. The molecular weight excluding hydrogens is 344 g/mol. The molecule has 104 valence electrons. The average molecular weight is 356 g/mol. The van der Waals surface area contributed by atoms with Gasteiger partial charge in [0.25, 0.3) is 0 Å². The lowest BCUT2D eigenvalue weighted by Crippen LogP contribution is -2.06. The molecule has 0 aliphatic heterocycles. The Bertz CT molecular complexity index is 752. The van der Waals surface area contributed by atoms with Crippen LogP contribution >= 0.6 is 27.5 Å². The number of alkyl halides is 1. The lowest BCUT2D eigenvalue weighted by atomic mass is 10.3. The normalized spacial score (nSPS) is 11.3. The summed E-state index contributed by atoms with van der Waals surface area (Å²) < 4.78 is 8.04. The van der Waals surface area contributed by atoms with E-state index in [0.29, 0.717) is 18.8 Å². The van der Waals surface area contributed by atoms with Gasteiger partial charge in [-0.1, -0.05) is 5.16 Å². The van der Waals surface area contributed by atoms with Crippen molar-refractivity contribution in [2.24, 2.45) is 0 Å². The number of halogens is 2. The van der Waals surface area contributed by atoms with Crippen molar-refractivity contribution in [1.29, 1.82) is 0 Å². The highest BCUT2D eigenvalue weighted by Crippen LogP contribution is 2.20. The van der Waals surface area contributed by atoms with Gasteiger partial charge in [0.1, 0.15) is 22.8 Å². The molecule has 0 radical (unpaired) electrons. The maximum absolute atomic E-state index is 5.86. The Morgan fingerprint density at radius 3 is 2.95 bits per heavy atom. The Morgan fingerprint density at radius 2 is 2.25 bits per heavy atom. The molecule has 0 N–H and O–H groups in total. The van der Waals surface area contributed by atoms with Crippen LogP contribution in [0.3, 0.4) is 0 Å². The first-order valence-corrected chi connectivity index (χ1v) is 7.49. The zero-order valence-electron chi connectivity index (χ0n) is 10.8. The zero-order chi connectivity index (χ0) is 14.1. The third-order valence-electron chi connectivity index (χ3n) is 2.95. The van der Waals surface area contributed by atoms with Crippen LogP contribution in [0.5, 0.6) is 0 Å². The van der Waals surface area contributed by atoms with Gasteiger partial charge in [-0.15, -0.1) is 11.6 Å². The van der Waals surface area contributed by atoms with E-state index in [4.69, 9.17) is 16.1 Å². The molecule has 0 aromatic carbocycles. The van der Waals surface area contributed by atoms with E-state index in [9.17, 15) is 0 Å². The minimum absolute atomic E-state index is 0.516. The summed E-state index contributed by atoms with van der Waals surface area (Å²) in [6.45, 7) is 2.45. The maximum atomic E-state index is 5.86. The summed E-state index contributed by atoms with van der Waals surface area (Å²) in [6.07, 6.45) is 2.45. The Morgan fingerprint density at radius 1 is 1.40 bits per heavy atom. The van der Waals surface area contributed by atoms with Gasteiger partial charge >= 0.3 is 0 Å². The number of rotatable bonds is 4. The third-order valence-corrected chi connectivity index (χ3v) is 3.57. The molecule has 0 spiro atoms. The highest BCUT2D eigenvalue weighted by Gasteiger charge is 2.13. The molecule has 0 aliphatic carbocycles. The number of hydrogen-bond donors (Lipinski definition) is 0. The van der Waals surface area contributed by atoms with E-state index in [1.807, 2.05) is 23.6 Å². The van der Waals surface area contributed by atoms with Crippen LogP contribution in [0, 0.1) is 6.92 Å². The van der Waals surface area contributed by atoms with Crippen molar-refractivity contribution < 1.29 is 4.52 Å². The number of pyridine rings is 1. The van der Waals surface area contributed by atoms with E-state index >= 15 is 0 Å². The summed E-state index contributed by atoms with van der Waals surface area (Å²) >= 11 is 9.27. The highest BCUT2D eigenvalue weighted by atomic mass is 79.9. The van der Waals surface area contributed by atoms with E-state index in [1.165, 1.54) is 0 Å². The summed E-state index contributed by atoms with van der Waals surface area (Å²) in [5, 5.41) is 4.02. The fourth-order valence-electron chi connectivity index (χ4n) is 2.13. The highest BCUT2D eigenvalue weighted by molar-refractivity contribution is 9.10.